The molecule has 5 aromatic rings. The molecule has 0 fully saturated rings. The van der Waals surface area contributed by atoms with Crippen molar-refractivity contribution in [3.05, 3.63) is 94.2 Å². The summed E-state index contributed by atoms with van der Waals surface area (Å²) in [5.74, 6) is -0.629. The summed E-state index contributed by atoms with van der Waals surface area (Å²) in [6, 6.07) is 9.42. The highest BCUT2D eigenvalue weighted by atomic mass is 32.1. The third kappa shape index (κ3) is 6.62. The summed E-state index contributed by atoms with van der Waals surface area (Å²) in [6.45, 7) is 3.84. The predicted molar refractivity (Wildman–Crippen MR) is 156 cm³/mol. The highest BCUT2D eigenvalue weighted by Crippen LogP contribution is 2.31. The van der Waals surface area contributed by atoms with Crippen molar-refractivity contribution in [1.82, 2.24) is 29.8 Å². The van der Waals surface area contributed by atoms with Crippen LogP contribution in [0.1, 0.15) is 52.2 Å². The van der Waals surface area contributed by atoms with Crippen LogP contribution in [0, 0.1) is 5.92 Å². The Kier molecular flexibility index (Phi) is 8.64. The summed E-state index contributed by atoms with van der Waals surface area (Å²) in [4.78, 5) is 31.6. The molecule has 4 heterocycles. The monoisotopic (exact) mass is 610 g/mol. The topological polar surface area (TPSA) is 114 Å². The summed E-state index contributed by atoms with van der Waals surface area (Å²) in [5, 5.41) is 23.4. The maximum absolute atomic E-state index is 13.5. The molecular weight excluding hydrogens is 581 g/mol. The maximum atomic E-state index is 13.5. The lowest BCUT2D eigenvalue weighted by atomic mass is 10.0. The van der Waals surface area contributed by atoms with Crippen LogP contribution in [0.25, 0.3) is 22.6 Å². The number of alkyl halides is 3. The van der Waals surface area contributed by atoms with E-state index in [4.69, 9.17) is 4.98 Å². The molecule has 0 radical (unpaired) electrons. The Hall–Kier alpha value is -4.49. The van der Waals surface area contributed by atoms with E-state index in [2.05, 4.69) is 15.7 Å². The van der Waals surface area contributed by atoms with Gasteiger partial charge in [0, 0.05) is 35.4 Å². The van der Waals surface area contributed by atoms with Gasteiger partial charge in [0.25, 0.3) is 11.8 Å². The molecule has 0 aliphatic rings. The number of aromatic nitrogens is 4. The smallest absolute Gasteiger partial charge is 0.394 e. The molecule has 2 amide bonds. The number of thiophene rings is 1. The lowest BCUT2D eigenvalue weighted by molar-refractivity contribution is -0.137. The standard InChI is InChI=1S/C30H29F3N6O3S/c1-18(2)11-22(16-40)36-29(42)26-25(20-8-10-43-17-20)37-27-24(7-4-9-38(26)27)28(41)34-13-19-14-35-39(15-19)23-6-3-5-21(12-23)30(31,32)33/h3-10,12,14-15,17-18,22,40H,11,13,16H2,1-2H3,(H,34,41)(H,36,42)/t22-/m0/s1. The lowest BCUT2D eigenvalue weighted by Gasteiger charge is -2.18. The number of benzene rings is 1. The number of halogens is 3. The largest absolute Gasteiger partial charge is 0.416 e. The van der Waals surface area contributed by atoms with Gasteiger partial charge in [-0.05, 0) is 54.1 Å². The average molecular weight is 611 g/mol. The molecule has 9 nitrogen and oxygen atoms in total. The molecule has 13 heteroatoms. The van der Waals surface area contributed by atoms with Gasteiger partial charge >= 0.3 is 6.18 Å². The van der Waals surface area contributed by atoms with E-state index in [1.54, 1.807) is 22.7 Å². The van der Waals surface area contributed by atoms with Crippen LogP contribution in [0.4, 0.5) is 13.2 Å². The SMILES string of the molecule is CC(C)C[C@@H](CO)NC(=O)c1c(-c2ccsc2)nc2c(C(=O)NCc3cnn(-c4cccc(C(F)(F)F)c4)c3)cccn12. The maximum Gasteiger partial charge on any atom is 0.416 e. The number of carbonyl (C=O) groups is 2. The van der Waals surface area contributed by atoms with E-state index >= 15 is 0 Å². The zero-order chi connectivity index (χ0) is 30.7. The van der Waals surface area contributed by atoms with E-state index in [9.17, 15) is 27.9 Å². The van der Waals surface area contributed by atoms with Crippen molar-refractivity contribution in [3.63, 3.8) is 0 Å². The van der Waals surface area contributed by atoms with Gasteiger partial charge in [0.2, 0.25) is 0 Å². The molecule has 0 unspecified atom stereocenters. The number of rotatable bonds is 10. The minimum atomic E-state index is -4.48. The number of aliphatic hydroxyl groups is 1. The molecule has 0 spiro atoms. The van der Waals surface area contributed by atoms with E-state index in [1.807, 2.05) is 30.7 Å². The van der Waals surface area contributed by atoms with Crippen molar-refractivity contribution in [3.8, 4) is 16.9 Å². The summed E-state index contributed by atoms with van der Waals surface area (Å²) in [7, 11) is 0. The fraction of sp³-hybridized carbons (Fsp3) is 0.267. The van der Waals surface area contributed by atoms with Gasteiger partial charge in [-0.15, -0.1) is 0 Å². The minimum Gasteiger partial charge on any atom is -0.394 e. The van der Waals surface area contributed by atoms with Crippen LogP contribution < -0.4 is 10.6 Å². The Morgan fingerprint density at radius 1 is 1.12 bits per heavy atom. The first-order valence-electron chi connectivity index (χ1n) is 13.5. The summed E-state index contributed by atoms with van der Waals surface area (Å²) < 4.78 is 42.2. The Morgan fingerprint density at radius 3 is 2.63 bits per heavy atom. The van der Waals surface area contributed by atoms with Crippen LogP contribution in [0.3, 0.4) is 0 Å². The number of nitrogens with one attached hydrogen (secondary N) is 2. The number of nitrogens with zero attached hydrogens (tertiary/aromatic N) is 4. The Morgan fingerprint density at radius 2 is 1.93 bits per heavy atom. The van der Waals surface area contributed by atoms with Gasteiger partial charge in [-0.3, -0.25) is 14.0 Å². The zero-order valence-corrected chi connectivity index (χ0v) is 24.1. The number of aliphatic hydroxyl groups excluding tert-OH is 1. The lowest BCUT2D eigenvalue weighted by Crippen LogP contribution is -2.39. The Labute approximate surface area is 249 Å². The second-order valence-electron chi connectivity index (χ2n) is 10.4. The predicted octanol–water partition coefficient (Wildman–Crippen LogP) is 5.33. The van der Waals surface area contributed by atoms with Crippen LogP contribution in [0.15, 0.2) is 71.8 Å². The van der Waals surface area contributed by atoms with E-state index in [0.717, 1.165) is 17.7 Å². The van der Waals surface area contributed by atoms with Crippen molar-refractivity contribution in [2.24, 2.45) is 5.92 Å². The molecule has 43 heavy (non-hydrogen) atoms. The second-order valence-corrected chi connectivity index (χ2v) is 11.2. The molecule has 4 aromatic heterocycles. The Bertz CT molecular complexity index is 1740. The molecule has 1 atom stereocenters. The van der Waals surface area contributed by atoms with Crippen LogP contribution in [-0.2, 0) is 12.7 Å². The van der Waals surface area contributed by atoms with Gasteiger partial charge in [-0.1, -0.05) is 19.9 Å². The first-order chi connectivity index (χ1) is 20.5. The fourth-order valence-electron chi connectivity index (χ4n) is 4.76. The molecular formula is C30H29F3N6O3S. The minimum absolute atomic E-state index is 0.0532. The van der Waals surface area contributed by atoms with Gasteiger partial charge in [0.1, 0.15) is 11.4 Å². The number of amides is 2. The van der Waals surface area contributed by atoms with Crippen LogP contribution in [0.2, 0.25) is 0 Å². The van der Waals surface area contributed by atoms with Gasteiger partial charge in [0.05, 0.1) is 35.7 Å². The van der Waals surface area contributed by atoms with E-state index in [-0.39, 0.29) is 41.7 Å². The number of hydrogen-bond donors (Lipinski definition) is 3. The molecule has 0 aliphatic carbocycles. The zero-order valence-electron chi connectivity index (χ0n) is 23.3. The van der Waals surface area contributed by atoms with Crippen molar-refractivity contribution in [2.45, 2.75) is 39.0 Å². The van der Waals surface area contributed by atoms with Crippen LogP contribution in [-0.4, -0.2) is 48.7 Å². The van der Waals surface area contributed by atoms with Gasteiger partial charge in [-0.25, -0.2) is 9.67 Å². The molecule has 1 aromatic carbocycles. The average Bonchev–Trinajstić information content (AvgIpc) is 3.74. The molecule has 224 valence electrons. The summed E-state index contributed by atoms with van der Waals surface area (Å²) >= 11 is 1.45. The molecule has 0 saturated heterocycles. The van der Waals surface area contributed by atoms with E-state index < -0.39 is 29.6 Å². The second kappa shape index (κ2) is 12.4. The molecule has 0 saturated carbocycles. The van der Waals surface area contributed by atoms with Crippen molar-refractivity contribution in [1.29, 1.82) is 0 Å². The molecule has 5 rings (SSSR count). The van der Waals surface area contributed by atoms with E-state index in [0.29, 0.717) is 17.7 Å². The van der Waals surface area contributed by atoms with Crippen molar-refractivity contribution in [2.75, 3.05) is 6.61 Å². The fourth-order valence-corrected chi connectivity index (χ4v) is 5.40. The first-order valence-corrected chi connectivity index (χ1v) is 14.4. The molecule has 0 aliphatic heterocycles. The van der Waals surface area contributed by atoms with Gasteiger partial charge < -0.3 is 15.7 Å². The third-order valence-corrected chi connectivity index (χ3v) is 7.43. The number of pyridine rings is 1. The quantitative estimate of drug-likeness (QED) is 0.198. The highest BCUT2D eigenvalue weighted by Gasteiger charge is 2.30. The van der Waals surface area contributed by atoms with Crippen LogP contribution in [0.5, 0.6) is 0 Å². The third-order valence-electron chi connectivity index (χ3n) is 6.74. The van der Waals surface area contributed by atoms with Crippen LogP contribution >= 0.6 is 11.3 Å². The summed E-state index contributed by atoms with van der Waals surface area (Å²) in [6.07, 6.45) is 0.761. The van der Waals surface area contributed by atoms with Gasteiger partial charge in [-0.2, -0.15) is 29.6 Å². The van der Waals surface area contributed by atoms with Crippen molar-refractivity contribution < 1.29 is 27.9 Å². The van der Waals surface area contributed by atoms with Gasteiger partial charge in [0.15, 0.2) is 5.65 Å². The summed E-state index contributed by atoms with van der Waals surface area (Å²) in [5.41, 5.74) is 1.88. The first kappa shape index (κ1) is 30.0. The molecule has 0 bridgehead atoms. The Balaban J connectivity index is 1.40. The number of imidazole rings is 1. The highest BCUT2D eigenvalue weighted by molar-refractivity contribution is 7.08. The number of fused-ring (bicyclic) bond motifs is 1. The number of hydrogen-bond acceptors (Lipinski definition) is 6. The number of carbonyl (C=O) groups excluding carboxylic acids is 2. The molecule has 3 N–H and O–H groups in total. The van der Waals surface area contributed by atoms with E-state index in [1.165, 1.54) is 40.5 Å². The normalized spacial score (nSPS) is 12.5. The van der Waals surface area contributed by atoms with Crippen molar-refractivity contribution >= 4 is 28.8 Å².